The van der Waals surface area contributed by atoms with Gasteiger partial charge < -0.3 is 5.32 Å². The van der Waals surface area contributed by atoms with Gasteiger partial charge >= 0.3 is 0 Å². The Hall–Kier alpha value is -0.900. The predicted octanol–water partition coefficient (Wildman–Crippen LogP) is 0.586. The van der Waals surface area contributed by atoms with Crippen molar-refractivity contribution in [3.05, 3.63) is 12.2 Å². The van der Waals surface area contributed by atoms with Crippen LogP contribution in [0.3, 0.4) is 0 Å². The summed E-state index contributed by atoms with van der Waals surface area (Å²) in [5.41, 5.74) is 0. The van der Waals surface area contributed by atoms with Crippen LogP contribution in [0.25, 0.3) is 0 Å². The molecular formula is C9H16N4. The highest BCUT2D eigenvalue weighted by atomic mass is 15.3. The molecule has 1 atom stereocenters. The van der Waals surface area contributed by atoms with Crippen molar-refractivity contribution < 1.29 is 0 Å². The van der Waals surface area contributed by atoms with E-state index in [4.69, 9.17) is 0 Å². The number of hydrogen-bond donors (Lipinski definition) is 1. The van der Waals surface area contributed by atoms with Gasteiger partial charge in [-0.3, -0.25) is 4.68 Å². The number of hydrogen-bond acceptors (Lipinski definition) is 3. The van der Waals surface area contributed by atoms with E-state index >= 15 is 0 Å². The SMILES string of the molecule is Cc1ncnn1CC1CCCNC1. The Morgan fingerprint density at radius 2 is 2.62 bits per heavy atom. The predicted molar refractivity (Wildman–Crippen MR) is 50.4 cm³/mol. The Labute approximate surface area is 78.4 Å². The normalized spacial score (nSPS) is 23.3. The van der Waals surface area contributed by atoms with Crippen molar-refractivity contribution >= 4 is 0 Å². The van der Waals surface area contributed by atoms with E-state index in [1.54, 1.807) is 6.33 Å². The van der Waals surface area contributed by atoms with Crippen LogP contribution in [0.15, 0.2) is 6.33 Å². The van der Waals surface area contributed by atoms with Crippen molar-refractivity contribution in [2.75, 3.05) is 13.1 Å². The largest absolute Gasteiger partial charge is 0.316 e. The minimum Gasteiger partial charge on any atom is -0.316 e. The standard InChI is InChI=1S/C9H16N4/c1-8-11-7-12-13(8)6-9-3-2-4-10-5-9/h7,9-10H,2-6H2,1H3. The molecule has 0 aliphatic carbocycles. The van der Waals surface area contributed by atoms with E-state index in [1.807, 2.05) is 11.6 Å². The van der Waals surface area contributed by atoms with E-state index in [9.17, 15) is 0 Å². The molecule has 1 saturated heterocycles. The minimum atomic E-state index is 0.731. The summed E-state index contributed by atoms with van der Waals surface area (Å²) in [7, 11) is 0. The molecule has 4 heteroatoms. The van der Waals surface area contributed by atoms with Crippen LogP contribution >= 0.6 is 0 Å². The maximum Gasteiger partial charge on any atom is 0.138 e. The molecule has 1 aliphatic heterocycles. The number of aryl methyl sites for hydroxylation is 1. The molecule has 0 saturated carbocycles. The molecule has 0 spiro atoms. The molecule has 1 N–H and O–H groups in total. The second kappa shape index (κ2) is 3.87. The summed E-state index contributed by atoms with van der Waals surface area (Å²) in [6.45, 7) is 5.31. The van der Waals surface area contributed by atoms with Gasteiger partial charge in [0.05, 0.1) is 0 Å². The van der Waals surface area contributed by atoms with E-state index in [1.165, 1.54) is 19.4 Å². The molecule has 1 unspecified atom stereocenters. The number of nitrogens with zero attached hydrogens (tertiary/aromatic N) is 3. The van der Waals surface area contributed by atoms with Crippen LogP contribution in [-0.4, -0.2) is 27.9 Å². The third kappa shape index (κ3) is 2.06. The van der Waals surface area contributed by atoms with Gasteiger partial charge in [0.2, 0.25) is 0 Å². The first kappa shape index (κ1) is 8.69. The van der Waals surface area contributed by atoms with Gasteiger partial charge in [0.25, 0.3) is 0 Å². The summed E-state index contributed by atoms with van der Waals surface area (Å²) in [5, 5.41) is 7.59. The Morgan fingerprint density at radius 1 is 1.69 bits per heavy atom. The van der Waals surface area contributed by atoms with Gasteiger partial charge in [-0.05, 0) is 38.8 Å². The summed E-state index contributed by atoms with van der Waals surface area (Å²) >= 11 is 0. The van der Waals surface area contributed by atoms with E-state index in [-0.39, 0.29) is 0 Å². The Kier molecular flexibility index (Phi) is 2.59. The quantitative estimate of drug-likeness (QED) is 0.724. The Morgan fingerprint density at radius 3 is 3.23 bits per heavy atom. The van der Waals surface area contributed by atoms with Gasteiger partial charge in [-0.15, -0.1) is 0 Å². The lowest BCUT2D eigenvalue weighted by molar-refractivity contribution is 0.322. The first-order chi connectivity index (χ1) is 6.36. The van der Waals surface area contributed by atoms with E-state index in [2.05, 4.69) is 15.4 Å². The number of nitrogens with one attached hydrogen (secondary N) is 1. The number of rotatable bonds is 2. The highest BCUT2D eigenvalue weighted by Crippen LogP contribution is 2.12. The molecule has 72 valence electrons. The third-order valence-electron chi connectivity index (χ3n) is 2.64. The highest BCUT2D eigenvalue weighted by Gasteiger charge is 2.14. The topological polar surface area (TPSA) is 42.7 Å². The molecule has 1 aromatic rings. The molecule has 1 aliphatic rings. The average molecular weight is 180 g/mol. The molecule has 1 aromatic heterocycles. The van der Waals surface area contributed by atoms with E-state index < -0.39 is 0 Å². The Balaban J connectivity index is 1.93. The smallest absolute Gasteiger partial charge is 0.138 e. The van der Waals surface area contributed by atoms with Crippen molar-refractivity contribution in [3.63, 3.8) is 0 Å². The lowest BCUT2D eigenvalue weighted by Crippen LogP contribution is -2.32. The van der Waals surface area contributed by atoms with E-state index in [0.29, 0.717) is 0 Å². The molecule has 1 fully saturated rings. The molecule has 0 bridgehead atoms. The van der Waals surface area contributed by atoms with Crippen molar-refractivity contribution in [1.29, 1.82) is 0 Å². The molecule has 2 heterocycles. The molecule has 13 heavy (non-hydrogen) atoms. The molecule has 2 rings (SSSR count). The third-order valence-corrected chi connectivity index (χ3v) is 2.64. The van der Waals surface area contributed by atoms with Crippen molar-refractivity contribution in [3.8, 4) is 0 Å². The van der Waals surface area contributed by atoms with Gasteiger partial charge in [0, 0.05) is 6.54 Å². The van der Waals surface area contributed by atoms with Crippen LogP contribution in [0, 0.1) is 12.8 Å². The monoisotopic (exact) mass is 180 g/mol. The number of aromatic nitrogens is 3. The summed E-state index contributed by atoms with van der Waals surface area (Å²) in [6.07, 6.45) is 4.23. The summed E-state index contributed by atoms with van der Waals surface area (Å²) in [5.74, 6) is 1.75. The molecule has 0 radical (unpaired) electrons. The molecule has 4 nitrogen and oxygen atoms in total. The maximum atomic E-state index is 4.19. The van der Waals surface area contributed by atoms with Crippen molar-refractivity contribution in [2.24, 2.45) is 5.92 Å². The molecular weight excluding hydrogens is 164 g/mol. The molecule has 0 amide bonds. The van der Waals surface area contributed by atoms with Crippen molar-refractivity contribution in [1.82, 2.24) is 20.1 Å². The van der Waals surface area contributed by atoms with Crippen LogP contribution in [0.2, 0.25) is 0 Å². The lowest BCUT2D eigenvalue weighted by atomic mass is 10.00. The second-order valence-corrected chi connectivity index (χ2v) is 3.70. The van der Waals surface area contributed by atoms with Crippen LogP contribution in [-0.2, 0) is 6.54 Å². The fourth-order valence-corrected chi connectivity index (χ4v) is 1.83. The van der Waals surface area contributed by atoms with Crippen LogP contribution in [0.1, 0.15) is 18.7 Å². The van der Waals surface area contributed by atoms with Gasteiger partial charge in [-0.1, -0.05) is 0 Å². The minimum absolute atomic E-state index is 0.731. The van der Waals surface area contributed by atoms with Crippen LogP contribution in [0.4, 0.5) is 0 Å². The fraction of sp³-hybridized carbons (Fsp3) is 0.778. The zero-order valence-corrected chi connectivity index (χ0v) is 8.03. The van der Waals surface area contributed by atoms with Crippen molar-refractivity contribution in [2.45, 2.75) is 26.3 Å². The first-order valence-corrected chi connectivity index (χ1v) is 4.91. The van der Waals surface area contributed by atoms with Gasteiger partial charge in [0.1, 0.15) is 12.2 Å². The summed E-state index contributed by atoms with van der Waals surface area (Å²) in [6, 6.07) is 0. The highest BCUT2D eigenvalue weighted by molar-refractivity contribution is 4.80. The Bertz CT molecular complexity index is 262. The lowest BCUT2D eigenvalue weighted by Gasteiger charge is -2.22. The zero-order valence-electron chi connectivity index (χ0n) is 8.03. The van der Waals surface area contributed by atoms with E-state index in [0.717, 1.165) is 24.8 Å². The van der Waals surface area contributed by atoms with Gasteiger partial charge in [-0.2, -0.15) is 5.10 Å². The fourth-order valence-electron chi connectivity index (χ4n) is 1.83. The zero-order chi connectivity index (χ0) is 9.10. The number of piperidine rings is 1. The first-order valence-electron chi connectivity index (χ1n) is 4.91. The summed E-state index contributed by atoms with van der Waals surface area (Å²) < 4.78 is 2.00. The molecule has 0 aromatic carbocycles. The van der Waals surface area contributed by atoms with Crippen LogP contribution < -0.4 is 5.32 Å². The second-order valence-electron chi connectivity index (χ2n) is 3.70. The maximum absolute atomic E-state index is 4.19. The van der Waals surface area contributed by atoms with Gasteiger partial charge in [0.15, 0.2) is 0 Å². The summed E-state index contributed by atoms with van der Waals surface area (Å²) in [4.78, 5) is 4.11. The van der Waals surface area contributed by atoms with Gasteiger partial charge in [-0.25, -0.2) is 4.98 Å². The average Bonchev–Trinajstić information content (AvgIpc) is 2.54. The van der Waals surface area contributed by atoms with Crippen LogP contribution in [0.5, 0.6) is 0 Å².